The Bertz CT molecular complexity index is 517. The van der Waals surface area contributed by atoms with Crippen LogP contribution in [0.3, 0.4) is 0 Å². The molecule has 0 atom stereocenters. The highest BCUT2D eigenvalue weighted by atomic mass is 19.4. The van der Waals surface area contributed by atoms with E-state index in [0.717, 1.165) is 12.1 Å². The van der Waals surface area contributed by atoms with Crippen molar-refractivity contribution in [2.24, 2.45) is 16.5 Å². The van der Waals surface area contributed by atoms with Gasteiger partial charge in [-0.1, -0.05) is 19.9 Å². The average molecular weight is 273 g/mol. The number of halogens is 3. The quantitative estimate of drug-likeness (QED) is 0.640. The molecular weight excluding hydrogens is 259 g/mol. The van der Waals surface area contributed by atoms with E-state index in [-0.39, 0.29) is 11.5 Å². The summed E-state index contributed by atoms with van der Waals surface area (Å²) in [5, 5.41) is 0. The van der Waals surface area contributed by atoms with Gasteiger partial charge in [0.2, 0.25) is 0 Å². The molecule has 0 saturated heterocycles. The van der Waals surface area contributed by atoms with E-state index in [4.69, 9.17) is 11.5 Å². The van der Waals surface area contributed by atoms with Crippen molar-refractivity contribution in [2.45, 2.75) is 25.9 Å². The first-order valence-corrected chi connectivity index (χ1v) is 5.48. The molecule has 1 aromatic rings. The third-order valence-electron chi connectivity index (χ3n) is 2.46. The highest BCUT2D eigenvalue weighted by Gasteiger charge is 2.32. The third kappa shape index (κ3) is 3.70. The second kappa shape index (κ2) is 5.29. The summed E-state index contributed by atoms with van der Waals surface area (Å²) in [6.45, 7) is 3.52. The molecule has 104 valence electrons. The van der Waals surface area contributed by atoms with E-state index in [0.29, 0.717) is 5.56 Å². The van der Waals surface area contributed by atoms with Gasteiger partial charge < -0.3 is 11.5 Å². The van der Waals surface area contributed by atoms with Gasteiger partial charge in [0.15, 0.2) is 5.96 Å². The van der Waals surface area contributed by atoms with Crippen LogP contribution in [0.2, 0.25) is 0 Å². The summed E-state index contributed by atoms with van der Waals surface area (Å²) in [6, 6.07) is 2.97. The fraction of sp³-hybridized carbons (Fsp3) is 0.333. The predicted molar refractivity (Wildman–Crippen MR) is 65.7 cm³/mol. The van der Waals surface area contributed by atoms with Crippen molar-refractivity contribution in [1.82, 2.24) is 0 Å². The molecule has 0 fully saturated rings. The van der Waals surface area contributed by atoms with Crippen LogP contribution in [0.4, 0.5) is 13.2 Å². The molecule has 0 aliphatic carbocycles. The summed E-state index contributed by atoms with van der Waals surface area (Å²) in [6.07, 6.45) is -4.53. The monoisotopic (exact) mass is 273 g/mol. The summed E-state index contributed by atoms with van der Waals surface area (Å²) in [7, 11) is 0. The molecule has 0 bridgehead atoms. The Morgan fingerprint density at radius 2 is 1.84 bits per heavy atom. The number of hydrogen-bond donors (Lipinski definition) is 2. The molecule has 1 amide bonds. The lowest BCUT2D eigenvalue weighted by molar-refractivity contribution is -0.137. The summed E-state index contributed by atoms with van der Waals surface area (Å²) in [4.78, 5) is 15.0. The largest absolute Gasteiger partial charge is 0.416 e. The maximum atomic E-state index is 12.6. The Labute approximate surface area is 108 Å². The van der Waals surface area contributed by atoms with Crippen molar-refractivity contribution >= 4 is 11.9 Å². The number of guanidine groups is 1. The van der Waals surface area contributed by atoms with E-state index in [1.165, 1.54) is 6.07 Å². The van der Waals surface area contributed by atoms with E-state index in [2.05, 4.69) is 4.99 Å². The number of rotatable bonds is 2. The second-order valence-electron chi connectivity index (χ2n) is 4.30. The van der Waals surface area contributed by atoms with Crippen LogP contribution in [0.5, 0.6) is 0 Å². The molecule has 7 heteroatoms. The summed E-state index contributed by atoms with van der Waals surface area (Å²) < 4.78 is 37.9. The second-order valence-corrected chi connectivity index (χ2v) is 4.30. The minimum atomic E-state index is -4.53. The maximum Gasteiger partial charge on any atom is 0.416 e. The molecule has 4 N–H and O–H groups in total. The van der Waals surface area contributed by atoms with Crippen molar-refractivity contribution in [3.8, 4) is 0 Å². The number of amides is 1. The topological polar surface area (TPSA) is 81.5 Å². The van der Waals surface area contributed by atoms with Crippen molar-refractivity contribution in [3.63, 3.8) is 0 Å². The molecule has 0 aromatic heterocycles. The summed E-state index contributed by atoms with van der Waals surface area (Å²) >= 11 is 0. The zero-order valence-corrected chi connectivity index (χ0v) is 10.5. The fourth-order valence-electron chi connectivity index (χ4n) is 1.60. The summed E-state index contributed by atoms with van der Waals surface area (Å²) in [5.74, 6) is -1.50. The van der Waals surface area contributed by atoms with E-state index < -0.39 is 23.6 Å². The molecule has 0 saturated carbocycles. The Balaban J connectivity index is 3.40. The molecule has 0 aliphatic rings. The molecule has 19 heavy (non-hydrogen) atoms. The highest BCUT2D eigenvalue weighted by molar-refractivity contribution is 6.03. The van der Waals surface area contributed by atoms with Gasteiger partial charge in [-0.15, -0.1) is 0 Å². The minimum absolute atomic E-state index is 0.129. The van der Waals surface area contributed by atoms with Crippen molar-refractivity contribution in [1.29, 1.82) is 0 Å². The molecule has 0 unspecified atom stereocenters. The summed E-state index contributed by atoms with van der Waals surface area (Å²) in [5.41, 5.74) is 9.54. The number of benzene rings is 1. The Morgan fingerprint density at radius 3 is 2.26 bits per heavy atom. The Morgan fingerprint density at radius 1 is 1.26 bits per heavy atom. The first-order chi connectivity index (χ1) is 8.62. The van der Waals surface area contributed by atoms with Gasteiger partial charge in [-0.3, -0.25) is 4.79 Å². The van der Waals surface area contributed by atoms with E-state index >= 15 is 0 Å². The van der Waals surface area contributed by atoms with Gasteiger partial charge in [-0.05, 0) is 23.6 Å². The molecule has 0 radical (unpaired) electrons. The zero-order chi connectivity index (χ0) is 14.8. The number of carbonyl (C=O) groups excluding carboxylic acids is 1. The molecule has 0 spiro atoms. The fourth-order valence-corrected chi connectivity index (χ4v) is 1.60. The predicted octanol–water partition coefficient (Wildman–Crippen LogP) is 2.24. The lowest BCUT2D eigenvalue weighted by Crippen LogP contribution is -2.24. The van der Waals surface area contributed by atoms with Crippen LogP contribution in [0.15, 0.2) is 23.2 Å². The van der Waals surface area contributed by atoms with Gasteiger partial charge in [0.05, 0.1) is 5.56 Å². The lowest BCUT2D eigenvalue weighted by atomic mass is 9.94. The number of alkyl halides is 3. The maximum absolute atomic E-state index is 12.6. The molecule has 1 rings (SSSR count). The van der Waals surface area contributed by atoms with Gasteiger partial charge in [0.25, 0.3) is 5.91 Å². The number of nitrogens with zero attached hydrogens (tertiary/aromatic N) is 1. The number of hydrogen-bond acceptors (Lipinski definition) is 1. The van der Waals surface area contributed by atoms with Crippen LogP contribution in [-0.2, 0) is 6.18 Å². The van der Waals surface area contributed by atoms with Crippen molar-refractivity contribution in [3.05, 3.63) is 34.9 Å². The normalized spacial score (nSPS) is 11.5. The van der Waals surface area contributed by atoms with Gasteiger partial charge in [-0.25, -0.2) is 0 Å². The Kier molecular flexibility index (Phi) is 4.18. The number of nitrogens with two attached hydrogens (primary N) is 2. The van der Waals surface area contributed by atoms with Gasteiger partial charge in [0, 0.05) is 5.56 Å². The van der Waals surface area contributed by atoms with Crippen molar-refractivity contribution < 1.29 is 18.0 Å². The molecule has 0 aliphatic heterocycles. The van der Waals surface area contributed by atoms with Crippen molar-refractivity contribution in [2.75, 3.05) is 0 Å². The van der Waals surface area contributed by atoms with Crippen LogP contribution in [-0.4, -0.2) is 11.9 Å². The van der Waals surface area contributed by atoms with Crippen LogP contribution in [0.25, 0.3) is 0 Å². The molecule has 0 heterocycles. The highest BCUT2D eigenvalue weighted by Crippen LogP contribution is 2.32. The minimum Gasteiger partial charge on any atom is -0.370 e. The molecule has 4 nitrogen and oxygen atoms in total. The van der Waals surface area contributed by atoms with Gasteiger partial charge >= 0.3 is 6.18 Å². The third-order valence-corrected chi connectivity index (χ3v) is 2.46. The van der Waals surface area contributed by atoms with Gasteiger partial charge in [0.1, 0.15) is 0 Å². The smallest absolute Gasteiger partial charge is 0.370 e. The number of aliphatic imine (C=N–C) groups is 1. The molecular formula is C12H14F3N3O. The van der Waals surface area contributed by atoms with Gasteiger partial charge in [-0.2, -0.15) is 18.2 Å². The van der Waals surface area contributed by atoms with E-state index in [9.17, 15) is 18.0 Å². The van der Waals surface area contributed by atoms with Crippen LogP contribution in [0.1, 0.15) is 41.3 Å². The first kappa shape index (κ1) is 15.0. The van der Waals surface area contributed by atoms with Crippen LogP contribution < -0.4 is 11.5 Å². The lowest BCUT2D eigenvalue weighted by Gasteiger charge is -2.13. The van der Waals surface area contributed by atoms with Crippen LogP contribution in [0, 0.1) is 0 Å². The Hall–Kier alpha value is -2.05. The SMILES string of the molecule is CC(C)c1ccc(C(F)(F)F)cc1C(=O)N=C(N)N. The van der Waals surface area contributed by atoms with Crippen LogP contribution >= 0.6 is 0 Å². The first-order valence-electron chi connectivity index (χ1n) is 5.48. The molecule has 1 aromatic carbocycles. The van der Waals surface area contributed by atoms with E-state index in [1.54, 1.807) is 13.8 Å². The van der Waals surface area contributed by atoms with E-state index in [1.807, 2.05) is 0 Å². The standard InChI is InChI=1S/C12H14F3N3O/c1-6(2)8-4-3-7(12(13,14)15)5-9(8)10(19)18-11(16)17/h3-6H,1-2H3,(H4,16,17,18,19). The average Bonchev–Trinajstić information content (AvgIpc) is 2.25. The number of carbonyl (C=O) groups is 1. The zero-order valence-electron chi connectivity index (χ0n) is 10.5.